The molecule has 4 amide bonds. The van der Waals surface area contributed by atoms with Gasteiger partial charge >= 0.3 is 6.03 Å². The van der Waals surface area contributed by atoms with Crippen molar-refractivity contribution < 1.29 is 23.2 Å². The van der Waals surface area contributed by atoms with E-state index in [-0.39, 0.29) is 30.2 Å². The van der Waals surface area contributed by atoms with E-state index in [1.54, 1.807) is 11.8 Å². The molecule has 3 atom stereocenters. The van der Waals surface area contributed by atoms with Crippen LogP contribution in [0.15, 0.2) is 18.2 Å². The SMILES string of the molecule is C[C@H](C[C@]1(C2CC2)NC(=O)NC1=O)C(=O)N1CCN(c2ccc(F)c(F)c2)[C@@H](C)C1. The Hall–Kier alpha value is -2.71. The first-order valence-corrected chi connectivity index (χ1v) is 10.4. The highest BCUT2D eigenvalue weighted by molar-refractivity contribution is 6.07. The third kappa shape index (κ3) is 3.61. The van der Waals surface area contributed by atoms with E-state index in [1.165, 1.54) is 12.1 Å². The lowest BCUT2D eigenvalue weighted by atomic mass is 9.83. The van der Waals surface area contributed by atoms with E-state index in [0.29, 0.717) is 25.3 Å². The average molecular weight is 420 g/mol. The van der Waals surface area contributed by atoms with Crippen molar-refractivity contribution in [1.82, 2.24) is 15.5 Å². The van der Waals surface area contributed by atoms with E-state index >= 15 is 0 Å². The molecular weight excluding hydrogens is 394 g/mol. The molecule has 2 heterocycles. The quantitative estimate of drug-likeness (QED) is 0.714. The minimum atomic E-state index is -0.995. The van der Waals surface area contributed by atoms with Gasteiger partial charge in [0, 0.05) is 43.3 Å². The van der Waals surface area contributed by atoms with Gasteiger partial charge in [0.25, 0.3) is 5.91 Å². The van der Waals surface area contributed by atoms with Crippen molar-refractivity contribution in [3.05, 3.63) is 29.8 Å². The smallest absolute Gasteiger partial charge is 0.322 e. The Morgan fingerprint density at radius 2 is 1.97 bits per heavy atom. The second-order valence-corrected chi connectivity index (χ2v) is 8.68. The molecule has 0 unspecified atom stereocenters. The van der Waals surface area contributed by atoms with Crippen molar-refractivity contribution in [2.24, 2.45) is 11.8 Å². The fraction of sp³-hybridized carbons (Fsp3) is 0.571. The second-order valence-electron chi connectivity index (χ2n) is 8.68. The van der Waals surface area contributed by atoms with E-state index in [4.69, 9.17) is 0 Å². The minimum Gasteiger partial charge on any atom is -0.365 e. The maximum absolute atomic E-state index is 13.6. The molecule has 3 aliphatic rings. The number of hydrogen-bond donors (Lipinski definition) is 2. The van der Waals surface area contributed by atoms with Crippen LogP contribution in [0.3, 0.4) is 0 Å². The van der Waals surface area contributed by atoms with Crippen LogP contribution in [0.25, 0.3) is 0 Å². The fourth-order valence-corrected chi connectivity index (χ4v) is 4.77. The minimum absolute atomic E-state index is 0.0687. The molecule has 2 saturated heterocycles. The fourth-order valence-electron chi connectivity index (χ4n) is 4.77. The number of benzene rings is 1. The van der Waals surface area contributed by atoms with Crippen molar-refractivity contribution in [1.29, 1.82) is 0 Å². The van der Waals surface area contributed by atoms with Crippen LogP contribution in [0.4, 0.5) is 19.3 Å². The number of imide groups is 1. The number of piperazine rings is 1. The molecule has 0 radical (unpaired) electrons. The molecule has 30 heavy (non-hydrogen) atoms. The van der Waals surface area contributed by atoms with Crippen molar-refractivity contribution in [2.45, 2.75) is 44.7 Å². The number of nitrogens with one attached hydrogen (secondary N) is 2. The van der Waals surface area contributed by atoms with Crippen LogP contribution in [-0.2, 0) is 9.59 Å². The summed E-state index contributed by atoms with van der Waals surface area (Å²) in [6.07, 6.45) is 1.99. The zero-order chi connectivity index (χ0) is 21.6. The van der Waals surface area contributed by atoms with Crippen molar-refractivity contribution >= 4 is 23.5 Å². The maximum atomic E-state index is 13.6. The van der Waals surface area contributed by atoms with E-state index < -0.39 is 29.1 Å². The molecular formula is C21H26F2N4O3. The molecule has 9 heteroatoms. The standard InChI is InChI=1S/C21H26F2N4O3/c1-12(10-21(14-3-4-14)19(29)24-20(30)25-21)18(28)26-7-8-27(13(2)11-26)15-5-6-16(22)17(23)9-15/h5-6,9,12-14H,3-4,7-8,10-11H2,1-2H3,(H2,24,25,29,30)/t12-,13+,21-/m1/s1. The predicted octanol–water partition coefficient (Wildman–Crippen LogP) is 2.02. The number of amides is 4. The topological polar surface area (TPSA) is 81.8 Å². The van der Waals surface area contributed by atoms with Gasteiger partial charge in [-0.1, -0.05) is 6.92 Å². The van der Waals surface area contributed by atoms with Crippen LogP contribution >= 0.6 is 0 Å². The van der Waals surface area contributed by atoms with Gasteiger partial charge in [0.15, 0.2) is 11.6 Å². The number of anilines is 1. The molecule has 162 valence electrons. The Labute approximate surface area is 173 Å². The van der Waals surface area contributed by atoms with E-state index in [9.17, 15) is 23.2 Å². The molecule has 3 fully saturated rings. The summed E-state index contributed by atoms with van der Waals surface area (Å²) < 4.78 is 26.8. The first-order chi connectivity index (χ1) is 14.2. The summed E-state index contributed by atoms with van der Waals surface area (Å²) in [5, 5.41) is 5.08. The van der Waals surface area contributed by atoms with Crippen LogP contribution in [0, 0.1) is 23.5 Å². The Balaban J connectivity index is 1.41. The Bertz CT molecular complexity index is 891. The number of halogens is 2. The van der Waals surface area contributed by atoms with Crippen molar-refractivity contribution in [3.63, 3.8) is 0 Å². The number of nitrogens with zero attached hydrogens (tertiary/aromatic N) is 2. The summed E-state index contributed by atoms with van der Waals surface area (Å²) >= 11 is 0. The molecule has 1 aromatic rings. The first-order valence-electron chi connectivity index (χ1n) is 10.4. The molecule has 2 aliphatic heterocycles. The zero-order valence-electron chi connectivity index (χ0n) is 17.1. The van der Waals surface area contributed by atoms with Crippen LogP contribution in [0.2, 0.25) is 0 Å². The zero-order valence-corrected chi connectivity index (χ0v) is 17.1. The molecule has 0 bridgehead atoms. The summed E-state index contributed by atoms with van der Waals surface area (Å²) in [6.45, 7) is 5.10. The Morgan fingerprint density at radius 1 is 1.23 bits per heavy atom. The Kier molecular flexibility index (Phi) is 5.15. The number of carbonyl (C=O) groups is 3. The van der Waals surface area contributed by atoms with Gasteiger partial charge in [-0.25, -0.2) is 13.6 Å². The summed E-state index contributed by atoms with van der Waals surface area (Å²) in [4.78, 5) is 41.0. The number of rotatable bonds is 5. The molecule has 0 spiro atoms. The molecule has 0 aromatic heterocycles. The molecule has 1 saturated carbocycles. The normalized spacial score (nSPS) is 27.7. The lowest BCUT2D eigenvalue weighted by molar-refractivity contribution is -0.137. The van der Waals surface area contributed by atoms with Crippen LogP contribution in [-0.4, -0.2) is 54.0 Å². The lowest BCUT2D eigenvalue weighted by Crippen LogP contribution is -2.56. The van der Waals surface area contributed by atoms with Gasteiger partial charge in [-0.05, 0) is 44.2 Å². The van der Waals surface area contributed by atoms with Gasteiger partial charge in [-0.2, -0.15) is 0 Å². The van der Waals surface area contributed by atoms with Crippen LogP contribution < -0.4 is 15.5 Å². The van der Waals surface area contributed by atoms with Crippen LogP contribution in [0.1, 0.15) is 33.1 Å². The van der Waals surface area contributed by atoms with Gasteiger partial charge in [0.2, 0.25) is 5.91 Å². The highest BCUT2D eigenvalue weighted by atomic mass is 19.2. The highest BCUT2D eigenvalue weighted by Gasteiger charge is 2.56. The van der Waals surface area contributed by atoms with Gasteiger partial charge in [-0.15, -0.1) is 0 Å². The molecule has 4 rings (SSSR count). The predicted molar refractivity (Wildman–Crippen MR) is 106 cm³/mol. The summed E-state index contributed by atoms with van der Waals surface area (Å²) in [5.74, 6) is -2.55. The summed E-state index contributed by atoms with van der Waals surface area (Å²) in [7, 11) is 0. The second kappa shape index (κ2) is 7.52. The molecule has 7 nitrogen and oxygen atoms in total. The Morgan fingerprint density at radius 3 is 2.53 bits per heavy atom. The van der Waals surface area contributed by atoms with Gasteiger partial charge in [0.1, 0.15) is 5.54 Å². The summed E-state index contributed by atoms with van der Waals surface area (Å²) in [5.41, 5.74) is -0.412. The molecule has 1 aliphatic carbocycles. The number of carbonyl (C=O) groups excluding carboxylic acids is 3. The monoisotopic (exact) mass is 420 g/mol. The van der Waals surface area contributed by atoms with E-state index in [1.807, 2.05) is 11.8 Å². The highest BCUT2D eigenvalue weighted by Crippen LogP contribution is 2.44. The van der Waals surface area contributed by atoms with E-state index in [2.05, 4.69) is 10.6 Å². The van der Waals surface area contributed by atoms with Gasteiger partial charge < -0.3 is 15.1 Å². The van der Waals surface area contributed by atoms with Crippen LogP contribution in [0.5, 0.6) is 0 Å². The maximum Gasteiger partial charge on any atom is 0.322 e. The average Bonchev–Trinajstić information content (AvgIpc) is 3.50. The van der Waals surface area contributed by atoms with Crippen molar-refractivity contribution in [2.75, 3.05) is 24.5 Å². The van der Waals surface area contributed by atoms with E-state index in [0.717, 1.165) is 18.9 Å². The van der Waals surface area contributed by atoms with Crippen molar-refractivity contribution in [3.8, 4) is 0 Å². The number of urea groups is 1. The van der Waals surface area contributed by atoms with Gasteiger partial charge in [-0.3, -0.25) is 14.9 Å². The molecule has 2 N–H and O–H groups in total. The summed E-state index contributed by atoms with van der Waals surface area (Å²) in [6, 6.07) is 3.24. The third-order valence-corrected chi connectivity index (χ3v) is 6.47. The largest absolute Gasteiger partial charge is 0.365 e. The lowest BCUT2D eigenvalue weighted by Gasteiger charge is -2.42. The third-order valence-electron chi connectivity index (χ3n) is 6.47. The first kappa shape index (κ1) is 20.6. The number of hydrogen-bond acceptors (Lipinski definition) is 4. The van der Waals surface area contributed by atoms with Gasteiger partial charge in [0.05, 0.1) is 0 Å². The molecule has 1 aromatic carbocycles.